The number of aromatic amines is 1. The Labute approximate surface area is 157 Å². The molecule has 1 aromatic carbocycles. The molecule has 2 N–H and O–H groups in total. The van der Waals surface area contributed by atoms with Crippen molar-refractivity contribution in [3.05, 3.63) is 29.7 Å². The molecule has 1 unspecified atom stereocenters. The lowest BCUT2D eigenvalue weighted by atomic mass is 10.1. The number of hydrogen-bond acceptors (Lipinski definition) is 2. The molecule has 7 heteroatoms. The minimum absolute atomic E-state index is 0.0457. The molecule has 1 heterocycles. The van der Waals surface area contributed by atoms with Gasteiger partial charge in [0.25, 0.3) is 0 Å². The number of halogens is 2. The predicted octanol–water partition coefficient (Wildman–Crippen LogP) is 5.55. The molecule has 0 radical (unpaired) electrons. The second kappa shape index (κ2) is 7.21. The number of alkyl halides is 1. The van der Waals surface area contributed by atoms with Crippen molar-refractivity contribution < 1.29 is 13.6 Å². The van der Waals surface area contributed by atoms with Crippen LogP contribution in [0.4, 0.5) is 10.1 Å². The molecule has 0 aliphatic rings. The monoisotopic (exact) mass is 428 g/mol. The smallest absolute Gasteiger partial charge is 0.238 e. The fourth-order valence-electron chi connectivity index (χ4n) is 2.16. The molecule has 0 aliphatic carbocycles. The molecule has 138 valence electrons. The maximum absolute atomic E-state index is 15.1. The van der Waals surface area contributed by atoms with Gasteiger partial charge in [-0.1, -0.05) is 36.7 Å². The Bertz CT molecular complexity index is 781. The van der Waals surface area contributed by atoms with Crippen molar-refractivity contribution in [2.24, 2.45) is 0 Å². The highest BCUT2D eigenvalue weighted by atomic mass is 79.9. The van der Waals surface area contributed by atoms with Gasteiger partial charge in [-0.05, 0) is 37.2 Å². The lowest BCUT2D eigenvalue weighted by Gasteiger charge is -2.36. The van der Waals surface area contributed by atoms with E-state index >= 15 is 4.39 Å². The molecule has 1 amide bonds. The van der Waals surface area contributed by atoms with Gasteiger partial charge < -0.3 is 14.7 Å². The van der Waals surface area contributed by atoms with E-state index < -0.39 is 19.0 Å². The van der Waals surface area contributed by atoms with Crippen molar-refractivity contribution in [3.63, 3.8) is 0 Å². The van der Waals surface area contributed by atoms with Crippen molar-refractivity contribution in [2.75, 3.05) is 5.32 Å². The van der Waals surface area contributed by atoms with Crippen molar-refractivity contribution in [1.82, 2.24) is 4.98 Å². The number of benzene rings is 1. The summed E-state index contributed by atoms with van der Waals surface area (Å²) in [7, 11) is -2.00. The van der Waals surface area contributed by atoms with Crippen LogP contribution < -0.4 is 5.32 Å². The standard InChI is InChI=1S/C18H26BrFN2O2Si/c1-11(19)17(23)22-16-14(20)13(9-12-7-8-21-15(12)16)10-24-25(5,6)18(2,3)4/h7-9,11,21H,10H2,1-6H3,(H,22,23). The molecule has 2 rings (SSSR count). The summed E-state index contributed by atoms with van der Waals surface area (Å²) < 4.78 is 21.2. The van der Waals surface area contributed by atoms with Crippen LogP contribution in [0.3, 0.4) is 0 Å². The SMILES string of the molecule is CC(Br)C(=O)Nc1c(F)c(CO[Si](C)(C)C(C)(C)C)cc2cc[nH]c12. The van der Waals surface area contributed by atoms with Gasteiger partial charge in [0.2, 0.25) is 5.91 Å². The molecule has 0 fully saturated rings. The largest absolute Gasteiger partial charge is 0.412 e. The lowest BCUT2D eigenvalue weighted by Crippen LogP contribution is -2.40. The van der Waals surface area contributed by atoms with Crippen molar-refractivity contribution >= 4 is 46.7 Å². The Morgan fingerprint density at radius 1 is 1.44 bits per heavy atom. The van der Waals surface area contributed by atoms with Crippen LogP contribution in [0.1, 0.15) is 33.3 Å². The van der Waals surface area contributed by atoms with Crippen molar-refractivity contribution in [3.8, 4) is 0 Å². The van der Waals surface area contributed by atoms with Crippen LogP contribution in [0.25, 0.3) is 10.9 Å². The number of fused-ring (bicyclic) bond motifs is 1. The average molecular weight is 429 g/mol. The van der Waals surface area contributed by atoms with Gasteiger partial charge in [-0.2, -0.15) is 0 Å². The topological polar surface area (TPSA) is 54.1 Å². The molecule has 0 saturated carbocycles. The minimum atomic E-state index is -2.00. The highest BCUT2D eigenvalue weighted by Crippen LogP contribution is 2.38. The molecule has 4 nitrogen and oxygen atoms in total. The van der Waals surface area contributed by atoms with E-state index in [9.17, 15) is 4.79 Å². The Morgan fingerprint density at radius 2 is 2.08 bits per heavy atom. The van der Waals surface area contributed by atoms with E-state index in [0.717, 1.165) is 5.39 Å². The zero-order valence-corrected chi connectivity index (χ0v) is 18.2. The molecule has 0 spiro atoms. The number of anilines is 1. The molecular formula is C18H26BrFN2O2Si. The summed E-state index contributed by atoms with van der Waals surface area (Å²) in [5.74, 6) is -0.743. The third kappa shape index (κ3) is 4.32. The van der Waals surface area contributed by atoms with Crippen LogP contribution in [-0.2, 0) is 15.8 Å². The Balaban J connectivity index is 2.38. The number of rotatable bonds is 5. The summed E-state index contributed by atoms with van der Waals surface area (Å²) in [6.07, 6.45) is 1.73. The number of amides is 1. The average Bonchev–Trinajstić information content (AvgIpc) is 2.95. The van der Waals surface area contributed by atoms with Gasteiger partial charge in [0.05, 0.1) is 17.0 Å². The van der Waals surface area contributed by atoms with Gasteiger partial charge in [-0.3, -0.25) is 4.79 Å². The second-order valence-corrected chi connectivity index (χ2v) is 14.0. The number of hydrogen-bond donors (Lipinski definition) is 2. The maximum atomic E-state index is 15.1. The first-order valence-corrected chi connectivity index (χ1v) is 12.1. The highest BCUT2D eigenvalue weighted by Gasteiger charge is 2.37. The van der Waals surface area contributed by atoms with Gasteiger partial charge >= 0.3 is 0 Å². The van der Waals surface area contributed by atoms with Gasteiger partial charge in [-0.25, -0.2) is 4.39 Å². The maximum Gasteiger partial charge on any atom is 0.238 e. The van der Waals surface area contributed by atoms with E-state index in [1.807, 2.05) is 6.07 Å². The molecule has 0 saturated heterocycles. The fraction of sp³-hybridized carbons (Fsp3) is 0.500. The normalized spacial score (nSPS) is 13.9. The molecule has 1 atom stereocenters. The van der Waals surface area contributed by atoms with Gasteiger partial charge in [0.15, 0.2) is 14.1 Å². The Kier molecular flexibility index (Phi) is 5.80. The van der Waals surface area contributed by atoms with Crippen molar-refractivity contribution in [1.29, 1.82) is 0 Å². The number of nitrogens with one attached hydrogen (secondary N) is 2. The summed E-state index contributed by atoms with van der Waals surface area (Å²) in [6.45, 7) is 12.6. The molecular weight excluding hydrogens is 403 g/mol. The molecule has 0 aliphatic heterocycles. The van der Waals surface area contributed by atoms with Crippen LogP contribution >= 0.6 is 15.9 Å². The van der Waals surface area contributed by atoms with Gasteiger partial charge in [0, 0.05) is 17.1 Å². The van der Waals surface area contributed by atoms with E-state index in [2.05, 4.69) is 60.1 Å². The quantitative estimate of drug-likeness (QED) is 0.484. The van der Waals surface area contributed by atoms with Crippen molar-refractivity contribution in [2.45, 2.75) is 57.3 Å². The van der Waals surface area contributed by atoms with Gasteiger partial charge in [-0.15, -0.1) is 0 Å². The first kappa shape index (κ1) is 20.1. The third-order valence-electron chi connectivity index (χ3n) is 4.86. The number of aromatic nitrogens is 1. The lowest BCUT2D eigenvalue weighted by molar-refractivity contribution is -0.115. The predicted molar refractivity (Wildman–Crippen MR) is 107 cm³/mol. The molecule has 2 aromatic rings. The van der Waals surface area contributed by atoms with E-state index in [4.69, 9.17) is 4.43 Å². The molecule has 25 heavy (non-hydrogen) atoms. The van der Waals surface area contributed by atoms with E-state index in [1.165, 1.54) is 0 Å². The van der Waals surface area contributed by atoms with Crippen LogP contribution in [0.5, 0.6) is 0 Å². The van der Waals surface area contributed by atoms with Crippen LogP contribution in [0, 0.1) is 5.82 Å². The zero-order chi connectivity index (χ0) is 19.0. The highest BCUT2D eigenvalue weighted by molar-refractivity contribution is 9.10. The van der Waals surface area contributed by atoms with E-state index in [1.54, 1.807) is 19.2 Å². The first-order chi connectivity index (χ1) is 11.4. The number of carbonyl (C=O) groups excluding carboxylic acids is 1. The third-order valence-corrected chi connectivity index (χ3v) is 9.76. The number of carbonyl (C=O) groups is 1. The van der Waals surface area contributed by atoms with Crippen LogP contribution in [0.15, 0.2) is 18.3 Å². The summed E-state index contributed by atoms with van der Waals surface area (Å²) in [4.78, 5) is 14.6. The summed E-state index contributed by atoms with van der Waals surface area (Å²) in [5.41, 5.74) is 1.21. The fourth-order valence-corrected chi connectivity index (χ4v) is 3.22. The van der Waals surface area contributed by atoms with E-state index in [-0.39, 0.29) is 23.2 Å². The Morgan fingerprint density at radius 3 is 2.64 bits per heavy atom. The first-order valence-electron chi connectivity index (χ1n) is 8.31. The van der Waals surface area contributed by atoms with E-state index in [0.29, 0.717) is 11.1 Å². The number of H-pyrrole nitrogens is 1. The molecule has 1 aromatic heterocycles. The van der Waals surface area contributed by atoms with Crippen LogP contribution in [-0.4, -0.2) is 24.0 Å². The van der Waals surface area contributed by atoms with Gasteiger partial charge in [0.1, 0.15) is 5.69 Å². The minimum Gasteiger partial charge on any atom is -0.412 e. The Hall–Kier alpha value is -1.18. The molecule has 0 bridgehead atoms. The second-order valence-electron chi connectivity index (χ2n) is 7.82. The summed E-state index contributed by atoms with van der Waals surface area (Å²) in [6, 6.07) is 3.64. The summed E-state index contributed by atoms with van der Waals surface area (Å²) in [5, 5.41) is 3.56. The summed E-state index contributed by atoms with van der Waals surface area (Å²) >= 11 is 3.21. The van der Waals surface area contributed by atoms with Crippen LogP contribution in [0.2, 0.25) is 18.1 Å². The zero-order valence-electron chi connectivity index (χ0n) is 15.6.